The molecule has 1 aliphatic carbocycles. The molecule has 0 unspecified atom stereocenters. The number of aliphatic carboxylic acids is 1. The summed E-state index contributed by atoms with van der Waals surface area (Å²) in [6.45, 7) is 1.82. The fraction of sp³-hybridized carbons (Fsp3) is 0.500. The van der Waals surface area contributed by atoms with Crippen LogP contribution in [0.15, 0.2) is 24.3 Å². The Balaban J connectivity index is 0.000000260. The van der Waals surface area contributed by atoms with E-state index in [2.05, 4.69) is 17.5 Å². The number of hydrogen-bond acceptors (Lipinski definition) is 5. The molecule has 3 N–H and O–H groups in total. The van der Waals surface area contributed by atoms with Crippen LogP contribution in [-0.4, -0.2) is 48.2 Å². The van der Waals surface area contributed by atoms with Crippen molar-refractivity contribution < 1.29 is 37.7 Å². The Kier molecular flexibility index (Phi) is 5.09. The van der Waals surface area contributed by atoms with Crippen molar-refractivity contribution in [3.05, 3.63) is 35.4 Å². The van der Waals surface area contributed by atoms with Crippen molar-refractivity contribution >= 4 is 5.97 Å². The number of ether oxygens (including phenoxy) is 2. The summed E-state index contributed by atoms with van der Waals surface area (Å²) in [6, 6.07) is 4.11. The van der Waals surface area contributed by atoms with Crippen LogP contribution >= 0.6 is 0 Å². The van der Waals surface area contributed by atoms with Gasteiger partial charge in [-0.1, -0.05) is 18.2 Å². The zero-order valence-corrected chi connectivity index (χ0v) is 14.5. The number of benzene rings is 1. The second kappa shape index (κ2) is 7.05. The largest absolute Gasteiger partial charge is 0.493 e. The molecule has 0 saturated heterocycles. The van der Waals surface area contributed by atoms with E-state index < -0.39 is 18.2 Å². The van der Waals surface area contributed by atoms with Gasteiger partial charge in [0.05, 0.1) is 18.6 Å². The lowest BCUT2D eigenvalue weighted by Crippen LogP contribution is -2.42. The predicted molar refractivity (Wildman–Crippen MR) is 88.9 cm³/mol. The van der Waals surface area contributed by atoms with E-state index in [9.17, 15) is 18.3 Å². The van der Waals surface area contributed by atoms with E-state index in [0.29, 0.717) is 6.42 Å². The number of halogens is 3. The van der Waals surface area contributed by atoms with E-state index in [0.717, 1.165) is 31.0 Å². The second-order valence-corrected chi connectivity index (χ2v) is 6.67. The van der Waals surface area contributed by atoms with Gasteiger partial charge in [0.15, 0.2) is 11.5 Å². The van der Waals surface area contributed by atoms with Gasteiger partial charge in [-0.25, -0.2) is 4.79 Å². The minimum Gasteiger partial charge on any atom is -0.493 e. The number of carbonyl (C=O) groups is 1. The summed E-state index contributed by atoms with van der Waals surface area (Å²) in [4.78, 5) is 8.90. The lowest BCUT2D eigenvalue weighted by Gasteiger charge is -2.35. The molecule has 2 heterocycles. The number of alkyl halides is 3. The SMILES string of the molecule is COc1ccc2c3c1O[C@H]1C[C@@H](O)C=C[C@@]31CCNC2.O=C(O)C(F)(F)F. The molecule has 6 nitrogen and oxygen atoms in total. The molecule has 1 aromatic carbocycles. The third-order valence-electron chi connectivity index (χ3n) is 5.07. The van der Waals surface area contributed by atoms with Gasteiger partial charge in [0, 0.05) is 18.5 Å². The first-order valence-corrected chi connectivity index (χ1v) is 8.44. The first-order valence-electron chi connectivity index (χ1n) is 8.44. The van der Waals surface area contributed by atoms with Crippen LogP contribution in [-0.2, 0) is 16.8 Å². The standard InChI is InChI=1S/C16H19NO3.C2HF3O2/c1-19-12-3-2-10-9-17-7-6-16-5-4-11(18)8-13(16)20-15(12)14(10)16;3-2(4,5)1(6)7/h2-5,11,13,17-18H,6-9H2,1H3;(H,6,7)/t11-,13-,16-;/m0./s1. The first kappa shape index (κ1) is 19.5. The second-order valence-electron chi connectivity index (χ2n) is 6.67. The quantitative estimate of drug-likeness (QED) is 0.640. The van der Waals surface area contributed by atoms with Gasteiger partial charge in [0.25, 0.3) is 0 Å². The fourth-order valence-electron chi connectivity index (χ4n) is 3.87. The van der Waals surface area contributed by atoms with Gasteiger partial charge < -0.3 is 25.0 Å². The van der Waals surface area contributed by atoms with Crippen LogP contribution in [0.5, 0.6) is 11.5 Å². The van der Waals surface area contributed by atoms with E-state index in [1.54, 1.807) is 7.11 Å². The molecular weight excluding hydrogens is 367 g/mol. The van der Waals surface area contributed by atoms with Crippen LogP contribution in [0, 0.1) is 0 Å². The first-order chi connectivity index (χ1) is 12.7. The summed E-state index contributed by atoms with van der Waals surface area (Å²) in [5, 5.41) is 20.5. The van der Waals surface area contributed by atoms with Gasteiger partial charge in [-0.3, -0.25) is 0 Å². The van der Waals surface area contributed by atoms with Crippen LogP contribution in [0.1, 0.15) is 24.0 Å². The normalized spacial score (nSPS) is 28.0. The van der Waals surface area contributed by atoms with Crippen LogP contribution in [0.4, 0.5) is 13.2 Å². The van der Waals surface area contributed by atoms with E-state index >= 15 is 0 Å². The summed E-state index contributed by atoms with van der Waals surface area (Å²) in [6.07, 6.45) is 0.233. The highest BCUT2D eigenvalue weighted by atomic mass is 19.4. The summed E-state index contributed by atoms with van der Waals surface area (Å²) < 4.78 is 43.4. The highest BCUT2D eigenvalue weighted by molar-refractivity contribution is 5.73. The minimum absolute atomic E-state index is 0.00690. The average molecular weight is 387 g/mol. The highest BCUT2D eigenvalue weighted by Gasteiger charge is 2.52. The molecule has 3 atom stereocenters. The van der Waals surface area contributed by atoms with Gasteiger partial charge in [-0.05, 0) is 24.6 Å². The Morgan fingerprint density at radius 3 is 2.74 bits per heavy atom. The minimum atomic E-state index is -5.08. The third-order valence-corrected chi connectivity index (χ3v) is 5.07. The van der Waals surface area contributed by atoms with Crippen molar-refractivity contribution in [1.29, 1.82) is 0 Å². The van der Waals surface area contributed by atoms with Crippen molar-refractivity contribution in [2.24, 2.45) is 0 Å². The number of carboxylic acid groups (broad SMARTS) is 1. The van der Waals surface area contributed by atoms with Crippen molar-refractivity contribution in [1.82, 2.24) is 5.32 Å². The van der Waals surface area contributed by atoms with Crippen molar-refractivity contribution in [3.8, 4) is 11.5 Å². The molecule has 1 aromatic rings. The molecule has 27 heavy (non-hydrogen) atoms. The Hall–Kier alpha value is -2.26. The molecule has 0 radical (unpaired) electrons. The molecule has 3 aliphatic rings. The smallest absolute Gasteiger partial charge is 0.490 e. The van der Waals surface area contributed by atoms with Crippen molar-refractivity contribution in [2.45, 2.75) is 43.2 Å². The van der Waals surface area contributed by atoms with Crippen molar-refractivity contribution in [2.75, 3.05) is 13.7 Å². The van der Waals surface area contributed by atoms with E-state index in [1.807, 2.05) is 12.1 Å². The Morgan fingerprint density at radius 1 is 1.41 bits per heavy atom. The number of aliphatic hydroxyl groups is 1. The Morgan fingerprint density at radius 2 is 2.11 bits per heavy atom. The van der Waals surface area contributed by atoms with Crippen LogP contribution in [0.3, 0.4) is 0 Å². The molecule has 0 fully saturated rings. The maximum atomic E-state index is 10.6. The lowest BCUT2D eigenvalue weighted by atomic mass is 9.69. The molecule has 1 spiro atoms. The Labute approximate surface area is 153 Å². The molecule has 4 rings (SSSR count). The van der Waals surface area contributed by atoms with Crippen molar-refractivity contribution in [3.63, 3.8) is 0 Å². The molecule has 9 heteroatoms. The summed E-state index contributed by atoms with van der Waals surface area (Å²) in [5.74, 6) is -1.09. The maximum Gasteiger partial charge on any atom is 0.490 e. The molecule has 0 saturated carbocycles. The summed E-state index contributed by atoms with van der Waals surface area (Å²) in [7, 11) is 1.68. The number of aliphatic hydroxyl groups excluding tert-OH is 1. The van der Waals surface area contributed by atoms with E-state index in [4.69, 9.17) is 19.4 Å². The van der Waals surface area contributed by atoms with Gasteiger partial charge in [-0.2, -0.15) is 13.2 Å². The van der Waals surface area contributed by atoms with Crippen LogP contribution < -0.4 is 14.8 Å². The summed E-state index contributed by atoms with van der Waals surface area (Å²) >= 11 is 0. The fourth-order valence-corrected chi connectivity index (χ4v) is 3.87. The lowest BCUT2D eigenvalue weighted by molar-refractivity contribution is -0.192. The molecule has 0 aromatic heterocycles. The molecule has 0 amide bonds. The zero-order chi connectivity index (χ0) is 19.8. The van der Waals surface area contributed by atoms with Gasteiger partial charge in [0.2, 0.25) is 0 Å². The van der Waals surface area contributed by atoms with E-state index in [-0.39, 0.29) is 11.5 Å². The van der Waals surface area contributed by atoms with Crippen LogP contribution in [0.2, 0.25) is 0 Å². The average Bonchev–Trinajstić information content (AvgIpc) is 2.81. The number of rotatable bonds is 1. The molecule has 0 bridgehead atoms. The molecule has 148 valence electrons. The summed E-state index contributed by atoms with van der Waals surface area (Å²) in [5.41, 5.74) is 2.43. The number of carboxylic acids is 1. The van der Waals surface area contributed by atoms with Gasteiger partial charge >= 0.3 is 12.1 Å². The maximum absolute atomic E-state index is 10.6. The topological polar surface area (TPSA) is 88.0 Å². The molecule has 2 aliphatic heterocycles. The number of hydrogen-bond donors (Lipinski definition) is 3. The Bertz CT molecular complexity index is 764. The third kappa shape index (κ3) is 3.49. The van der Waals surface area contributed by atoms with E-state index in [1.165, 1.54) is 11.1 Å². The monoisotopic (exact) mass is 387 g/mol. The van der Waals surface area contributed by atoms with Gasteiger partial charge in [0.1, 0.15) is 6.10 Å². The molecular formula is C18H20F3NO5. The van der Waals surface area contributed by atoms with Crippen LogP contribution in [0.25, 0.3) is 0 Å². The predicted octanol–water partition coefficient (Wildman–Crippen LogP) is 2.14. The highest BCUT2D eigenvalue weighted by Crippen LogP contribution is 2.55. The number of nitrogens with one attached hydrogen (secondary N) is 1. The van der Waals surface area contributed by atoms with Gasteiger partial charge in [-0.15, -0.1) is 0 Å². The zero-order valence-electron chi connectivity index (χ0n) is 14.5. The number of methoxy groups -OCH3 is 1.